The Morgan fingerprint density at radius 3 is 2.62 bits per heavy atom. The van der Waals surface area contributed by atoms with Crippen LogP contribution in [-0.2, 0) is 14.8 Å². The van der Waals surface area contributed by atoms with E-state index in [2.05, 4.69) is 5.32 Å². The van der Waals surface area contributed by atoms with Crippen molar-refractivity contribution >= 4 is 15.9 Å². The van der Waals surface area contributed by atoms with Gasteiger partial charge < -0.3 is 15.0 Å². The molecule has 9 heteroatoms. The zero-order valence-corrected chi connectivity index (χ0v) is 14.6. The van der Waals surface area contributed by atoms with Crippen LogP contribution < -0.4 is 5.32 Å². The van der Waals surface area contributed by atoms with Crippen LogP contribution in [0.15, 0.2) is 23.1 Å². The number of carbonyl (C=O) groups is 1. The minimum atomic E-state index is -3.77. The highest BCUT2D eigenvalue weighted by Gasteiger charge is 2.27. The van der Waals surface area contributed by atoms with Gasteiger partial charge in [0.1, 0.15) is 5.82 Å². The summed E-state index contributed by atoms with van der Waals surface area (Å²) in [5.41, 5.74) is -0.275. The number of sulfonamides is 1. The number of ether oxygens (including phenoxy) is 1. The van der Waals surface area contributed by atoms with Gasteiger partial charge >= 0.3 is 0 Å². The van der Waals surface area contributed by atoms with Crippen LogP contribution in [0.2, 0.25) is 0 Å². The van der Waals surface area contributed by atoms with Crippen molar-refractivity contribution < 1.29 is 22.3 Å². The number of halogens is 1. The molecule has 0 saturated carbocycles. The molecule has 1 heterocycles. The van der Waals surface area contributed by atoms with Crippen molar-refractivity contribution in [2.24, 2.45) is 0 Å². The third-order valence-corrected chi connectivity index (χ3v) is 5.53. The van der Waals surface area contributed by atoms with Crippen molar-refractivity contribution in [1.29, 1.82) is 0 Å². The molecule has 0 unspecified atom stereocenters. The number of rotatable bonds is 6. The molecule has 1 saturated heterocycles. The average molecular weight is 359 g/mol. The maximum Gasteiger partial charge on any atom is 0.254 e. The minimum absolute atomic E-state index is 0.0939. The molecule has 0 aliphatic carbocycles. The molecule has 1 amide bonds. The predicted molar refractivity (Wildman–Crippen MR) is 86.9 cm³/mol. The second-order valence-corrected chi connectivity index (χ2v) is 7.66. The molecule has 0 spiro atoms. The fraction of sp³-hybridized carbons (Fsp3) is 0.533. The SMILES string of the molecule is CN(C)CCNC(=O)c1cc(S(=O)(=O)N2CCOCC2)ccc1F. The molecule has 0 aromatic heterocycles. The van der Waals surface area contributed by atoms with Crippen LogP contribution in [0, 0.1) is 5.82 Å². The van der Waals surface area contributed by atoms with Gasteiger partial charge in [0, 0.05) is 26.2 Å². The van der Waals surface area contributed by atoms with Gasteiger partial charge in [-0.2, -0.15) is 4.31 Å². The smallest absolute Gasteiger partial charge is 0.254 e. The summed E-state index contributed by atoms with van der Waals surface area (Å²) >= 11 is 0. The standard InChI is InChI=1S/C15H22FN3O4S/c1-18(2)6-5-17-15(20)13-11-12(3-4-14(13)16)24(21,22)19-7-9-23-10-8-19/h3-4,11H,5-10H2,1-2H3,(H,17,20). The van der Waals surface area contributed by atoms with Gasteiger partial charge in [0.05, 0.1) is 23.7 Å². The molecule has 1 N–H and O–H groups in total. The first kappa shape index (κ1) is 18.8. The van der Waals surface area contributed by atoms with Crippen LogP contribution in [0.1, 0.15) is 10.4 Å². The Labute approximate surface area is 141 Å². The van der Waals surface area contributed by atoms with Crippen LogP contribution in [0.3, 0.4) is 0 Å². The van der Waals surface area contributed by atoms with Crippen LogP contribution in [0.4, 0.5) is 4.39 Å². The van der Waals surface area contributed by atoms with Gasteiger partial charge in [-0.25, -0.2) is 12.8 Å². The Balaban J connectivity index is 2.19. The second kappa shape index (κ2) is 8.02. The maximum absolute atomic E-state index is 13.9. The lowest BCUT2D eigenvalue weighted by Gasteiger charge is -2.26. The van der Waals surface area contributed by atoms with E-state index in [0.717, 1.165) is 12.1 Å². The Morgan fingerprint density at radius 2 is 2.00 bits per heavy atom. The van der Waals surface area contributed by atoms with Crippen molar-refractivity contribution in [2.45, 2.75) is 4.90 Å². The quantitative estimate of drug-likeness (QED) is 0.782. The molecule has 7 nitrogen and oxygen atoms in total. The van der Waals surface area contributed by atoms with E-state index in [9.17, 15) is 17.6 Å². The monoisotopic (exact) mass is 359 g/mol. The summed E-state index contributed by atoms with van der Waals surface area (Å²) in [5.74, 6) is -1.38. The lowest BCUT2D eigenvalue weighted by Crippen LogP contribution is -2.40. The van der Waals surface area contributed by atoms with Crippen molar-refractivity contribution in [3.63, 3.8) is 0 Å². The number of nitrogens with zero attached hydrogens (tertiary/aromatic N) is 2. The van der Waals surface area contributed by atoms with Gasteiger partial charge in [-0.1, -0.05) is 0 Å². The highest BCUT2D eigenvalue weighted by molar-refractivity contribution is 7.89. The summed E-state index contributed by atoms with van der Waals surface area (Å²) in [7, 11) is -0.0714. The largest absolute Gasteiger partial charge is 0.379 e. The molecule has 1 aromatic carbocycles. The molecule has 0 atom stereocenters. The number of benzene rings is 1. The Hall–Kier alpha value is -1.55. The lowest BCUT2D eigenvalue weighted by atomic mass is 10.2. The molecule has 0 bridgehead atoms. The van der Waals surface area contributed by atoms with Crippen LogP contribution in [0.25, 0.3) is 0 Å². The molecule has 2 rings (SSSR count). The van der Waals surface area contributed by atoms with Gasteiger partial charge in [-0.05, 0) is 32.3 Å². The number of hydrogen-bond acceptors (Lipinski definition) is 5. The third-order valence-electron chi connectivity index (χ3n) is 3.63. The Morgan fingerprint density at radius 1 is 1.33 bits per heavy atom. The highest BCUT2D eigenvalue weighted by Crippen LogP contribution is 2.20. The number of hydrogen-bond donors (Lipinski definition) is 1. The molecule has 1 fully saturated rings. The van der Waals surface area contributed by atoms with Crippen molar-refractivity contribution in [3.05, 3.63) is 29.6 Å². The molecule has 1 aromatic rings. The molecular formula is C15H22FN3O4S. The summed E-state index contributed by atoms with van der Waals surface area (Å²) in [5, 5.41) is 2.58. The van der Waals surface area contributed by atoms with E-state index in [4.69, 9.17) is 4.74 Å². The summed E-state index contributed by atoms with van der Waals surface area (Å²) in [6.07, 6.45) is 0. The highest BCUT2D eigenvalue weighted by atomic mass is 32.2. The topological polar surface area (TPSA) is 79.0 Å². The van der Waals surface area contributed by atoms with E-state index in [-0.39, 0.29) is 23.5 Å². The van der Waals surface area contributed by atoms with Crippen LogP contribution in [-0.4, -0.2) is 77.0 Å². The van der Waals surface area contributed by atoms with Gasteiger partial charge in [-0.15, -0.1) is 0 Å². The molecule has 1 aliphatic heterocycles. The number of morpholine rings is 1. The summed E-state index contributed by atoms with van der Waals surface area (Å²) in [6.45, 7) is 2.05. The fourth-order valence-electron chi connectivity index (χ4n) is 2.26. The first-order valence-electron chi connectivity index (χ1n) is 7.63. The van der Waals surface area contributed by atoms with Crippen molar-refractivity contribution in [2.75, 3.05) is 53.5 Å². The number of carbonyl (C=O) groups excluding carboxylic acids is 1. The van der Waals surface area contributed by atoms with Crippen LogP contribution >= 0.6 is 0 Å². The van der Waals surface area contributed by atoms with E-state index in [0.29, 0.717) is 26.3 Å². The third kappa shape index (κ3) is 4.50. The van der Waals surface area contributed by atoms with E-state index in [1.165, 1.54) is 10.4 Å². The average Bonchev–Trinajstić information content (AvgIpc) is 2.55. The zero-order chi connectivity index (χ0) is 17.7. The van der Waals surface area contributed by atoms with E-state index >= 15 is 0 Å². The normalized spacial score (nSPS) is 16.3. The van der Waals surface area contributed by atoms with Gasteiger partial charge in [0.15, 0.2) is 0 Å². The predicted octanol–water partition coefficient (Wildman–Crippen LogP) is 0.138. The van der Waals surface area contributed by atoms with E-state index < -0.39 is 21.7 Å². The van der Waals surface area contributed by atoms with Gasteiger partial charge in [0.25, 0.3) is 5.91 Å². The maximum atomic E-state index is 13.9. The van der Waals surface area contributed by atoms with E-state index in [1.54, 1.807) is 0 Å². The second-order valence-electron chi connectivity index (χ2n) is 5.72. The van der Waals surface area contributed by atoms with Crippen molar-refractivity contribution in [3.8, 4) is 0 Å². The molecule has 24 heavy (non-hydrogen) atoms. The van der Waals surface area contributed by atoms with Crippen molar-refractivity contribution in [1.82, 2.24) is 14.5 Å². The number of likely N-dealkylation sites (N-methyl/N-ethyl adjacent to an activating group) is 1. The zero-order valence-electron chi connectivity index (χ0n) is 13.8. The Kier molecular flexibility index (Phi) is 6.27. The van der Waals surface area contributed by atoms with Crippen LogP contribution in [0.5, 0.6) is 0 Å². The minimum Gasteiger partial charge on any atom is -0.379 e. The number of nitrogens with one attached hydrogen (secondary N) is 1. The lowest BCUT2D eigenvalue weighted by molar-refractivity contribution is 0.0730. The van der Waals surface area contributed by atoms with E-state index in [1.807, 2.05) is 19.0 Å². The van der Waals surface area contributed by atoms with Gasteiger partial charge in [-0.3, -0.25) is 4.79 Å². The summed E-state index contributed by atoms with van der Waals surface area (Å²) in [6, 6.07) is 3.27. The first-order valence-corrected chi connectivity index (χ1v) is 9.07. The summed E-state index contributed by atoms with van der Waals surface area (Å²) in [4.78, 5) is 13.9. The molecule has 0 radical (unpaired) electrons. The summed E-state index contributed by atoms with van der Waals surface area (Å²) < 4.78 is 45.5. The first-order chi connectivity index (χ1) is 11.3. The molecule has 134 valence electrons. The molecular weight excluding hydrogens is 337 g/mol. The molecule has 1 aliphatic rings. The Bertz CT molecular complexity index is 688. The number of amides is 1. The fourth-order valence-corrected chi connectivity index (χ4v) is 3.70. The van der Waals surface area contributed by atoms with Gasteiger partial charge in [0.2, 0.25) is 10.0 Å².